The van der Waals surface area contributed by atoms with E-state index in [2.05, 4.69) is 31.1 Å². The minimum absolute atomic E-state index is 0.0310. The van der Waals surface area contributed by atoms with Gasteiger partial charge in [0, 0.05) is 11.7 Å². The monoisotopic (exact) mass is 380 g/mol. The zero-order valence-electron chi connectivity index (χ0n) is 17.3. The maximum Gasteiger partial charge on any atom is 0.253 e. The summed E-state index contributed by atoms with van der Waals surface area (Å²) in [6.07, 6.45) is 7.69. The van der Waals surface area contributed by atoms with Gasteiger partial charge in [0.1, 0.15) is 12.4 Å². The summed E-state index contributed by atoms with van der Waals surface area (Å²) in [6, 6.07) is 13.4. The van der Waals surface area contributed by atoms with E-state index < -0.39 is 0 Å². The molecule has 2 aromatic rings. The van der Waals surface area contributed by atoms with E-state index in [9.17, 15) is 4.79 Å². The van der Waals surface area contributed by atoms with Crippen LogP contribution in [0.3, 0.4) is 0 Å². The van der Waals surface area contributed by atoms with Gasteiger partial charge in [0.05, 0.1) is 11.3 Å². The summed E-state index contributed by atoms with van der Waals surface area (Å²) in [5.74, 6) is 2.16. The standard InChI is InChI=1S/C24H32N2O2/c1-4-9-18(5-2)14-20-15-24(20,3)26-23(27)19-12-13-21(25-16-19)17-28-22-10-7-6-8-11-22/h6-8,10-13,16,18,20H,4-5,9,14-15,17H2,1-3H3,(H,26,27). The third-order valence-electron chi connectivity index (χ3n) is 5.92. The van der Waals surface area contributed by atoms with Crippen molar-refractivity contribution >= 4 is 5.91 Å². The quantitative estimate of drug-likeness (QED) is 0.601. The fourth-order valence-electron chi connectivity index (χ4n) is 3.90. The Morgan fingerprint density at radius 3 is 2.68 bits per heavy atom. The van der Waals surface area contributed by atoms with Gasteiger partial charge in [0.2, 0.25) is 0 Å². The normalized spacial score (nSPS) is 21.8. The van der Waals surface area contributed by atoms with Gasteiger partial charge < -0.3 is 10.1 Å². The average molecular weight is 381 g/mol. The van der Waals surface area contributed by atoms with E-state index in [1.807, 2.05) is 42.5 Å². The van der Waals surface area contributed by atoms with E-state index >= 15 is 0 Å². The molecule has 0 bridgehead atoms. The summed E-state index contributed by atoms with van der Waals surface area (Å²) in [5.41, 5.74) is 1.35. The second-order valence-corrected chi connectivity index (χ2v) is 8.21. The molecule has 28 heavy (non-hydrogen) atoms. The number of benzene rings is 1. The first kappa shape index (κ1) is 20.4. The van der Waals surface area contributed by atoms with E-state index in [0.29, 0.717) is 18.1 Å². The fraction of sp³-hybridized carbons (Fsp3) is 0.500. The molecule has 1 amide bonds. The number of hydrogen-bond acceptors (Lipinski definition) is 3. The molecular formula is C24H32N2O2. The number of pyridine rings is 1. The van der Waals surface area contributed by atoms with Crippen molar-refractivity contribution in [3.8, 4) is 5.75 Å². The lowest BCUT2D eigenvalue weighted by Crippen LogP contribution is -2.36. The molecule has 3 unspecified atom stereocenters. The van der Waals surface area contributed by atoms with Crippen LogP contribution in [0.5, 0.6) is 5.75 Å². The summed E-state index contributed by atoms with van der Waals surface area (Å²) in [7, 11) is 0. The molecule has 0 aliphatic heterocycles. The third-order valence-corrected chi connectivity index (χ3v) is 5.92. The van der Waals surface area contributed by atoms with E-state index in [1.165, 1.54) is 25.7 Å². The highest BCUT2D eigenvalue weighted by Crippen LogP contribution is 2.48. The predicted octanol–water partition coefficient (Wildman–Crippen LogP) is 5.39. The molecule has 1 heterocycles. The minimum atomic E-state index is -0.0622. The van der Waals surface area contributed by atoms with E-state index in [0.717, 1.165) is 23.8 Å². The van der Waals surface area contributed by atoms with E-state index in [4.69, 9.17) is 4.74 Å². The van der Waals surface area contributed by atoms with Crippen molar-refractivity contribution in [2.24, 2.45) is 11.8 Å². The average Bonchev–Trinajstić information content (AvgIpc) is 3.35. The van der Waals surface area contributed by atoms with Gasteiger partial charge in [-0.15, -0.1) is 0 Å². The summed E-state index contributed by atoms with van der Waals surface area (Å²) in [5, 5.41) is 3.24. The molecule has 4 heteroatoms. The van der Waals surface area contributed by atoms with Crippen LogP contribution in [0.15, 0.2) is 48.7 Å². The van der Waals surface area contributed by atoms with Crippen LogP contribution in [0.2, 0.25) is 0 Å². The molecule has 0 radical (unpaired) electrons. The van der Waals surface area contributed by atoms with Crippen LogP contribution in [0.1, 0.15) is 68.9 Å². The predicted molar refractivity (Wildman–Crippen MR) is 112 cm³/mol. The van der Waals surface area contributed by atoms with Crippen molar-refractivity contribution in [2.75, 3.05) is 0 Å². The summed E-state index contributed by atoms with van der Waals surface area (Å²) >= 11 is 0. The number of carbonyl (C=O) groups excluding carboxylic acids is 1. The van der Waals surface area contributed by atoms with E-state index in [-0.39, 0.29) is 11.4 Å². The number of amides is 1. The van der Waals surface area contributed by atoms with Crippen molar-refractivity contribution in [2.45, 2.75) is 65.0 Å². The summed E-state index contributed by atoms with van der Waals surface area (Å²) in [6.45, 7) is 7.08. The zero-order chi connectivity index (χ0) is 20.0. The molecule has 1 N–H and O–H groups in total. The van der Waals surface area contributed by atoms with Gasteiger partial charge in [0.15, 0.2) is 0 Å². The third kappa shape index (κ3) is 5.34. The fourth-order valence-corrected chi connectivity index (χ4v) is 3.90. The largest absolute Gasteiger partial charge is 0.487 e. The van der Waals surface area contributed by atoms with E-state index in [1.54, 1.807) is 6.20 Å². The smallest absolute Gasteiger partial charge is 0.253 e. The Labute approximate surface area is 168 Å². The van der Waals surface area contributed by atoms with Gasteiger partial charge in [-0.05, 0) is 55.9 Å². The van der Waals surface area contributed by atoms with Crippen molar-refractivity contribution in [3.05, 3.63) is 59.9 Å². The van der Waals surface area contributed by atoms with Crippen LogP contribution >= 0.6 is 0 Å². The molecule has 3 atom stereocenters. The lowest BCUT2D eigenvalue weighted by atomic mass is 9.93. The Kier molecular flexibility index (Phi) is 6.71. The Morgan fingerprint density at radius 1 is 1.25 bits per heavy atom. The second kappa shape index (κ2) is 9.22. The topological polar surface area (TPSA) is 51.2 Å². The molecule has 1 saturated carbocycles. The number of hydrogen-bond donors (Lipinski definition) is 1. The molecule has 1 aliphatic carbocycles. The first-order valence-electron chi connectivity index (χ1n) is 10.5. The van der Waals surface area contributed by atoms with Gasteiger partial charge in [-0.25, -0.2) is 0 Å². The van der Waals surface area contributed by atoms with Crippen LogP contribution in [-0.4, -0.2) is 16.4 Å². The van der Waals surface area contributed by atoms with Crippen molar-refractivity contribution < 1.29 is 9.53 Å². The summed E-state index contributed by atoms with van der Waals surface area (Å²) < 4.78 is 5.70. The second-order valence-electron chi connectivity index (χ2n) is 8.21. The first-order valence-corrected chi connectivity index (χ1v) is 10.5. The van der Waals surface area contributed by atoms with Crippen molar-refractivity contribution in [1.29, 1.82) is 0 Å². The molecule has 1 fully saturated rings. The number of ether oxygens (including phenoxy) is 1. The van der Waals surface area contributed by atoms with Gasteiger partial charge >= 0.3 is 0 Å². The number of para-hydroxylation sites is 1. The number of nitrogens with zero attached hydrogens (tertiary/aromatic N) is 1. The number of aromatic nitrogens is 1. The van der Waals surface area contributed by atoms with Gasteiger partial charge in [-0.2, -0.15) is 0 Å². The molecule has 1 aromatic carbocycles. The Morgan fingerprint density at radius 2 is 2.04 bits per heavy atom. The zero-order valence-corrected chi connectivity index (χ0v) is 17.3. The highest BCUT2D eigenvalue weighted by atomic mass is 16.5. The molecule has 0 saturated heterocycles. The van der Waals surface area contributed by atoms with Crippen molar-refractivity contribution in [1.82, 2.24) is 10.3 Å². The Hall–Kier alpha value is -2.36. The van der Waals surface area contributed by atoms with Crippen LogP contribution in [0, 0.1) is 11.8 Å². The molecule has 150 valence electrons. The van der Waals surface area contributed by atoms with Crippen molar-refractivity contribution in [3.63, 3.8) is 0 Å². The van der Waals surface area contributed by atoms with Crippen LogP contribution in [0.25, 0.3) is 0 Å². The highest BCUT2D eigenvalue weighted by Gasteiger charge is 2.51. The molecule has 1 aromatic heterocycles. The minimum Gasteiger partial charge on any atom is -0.487 e. The van der Waals surface area contributed by atoms with Gasteiger partial charge in [0.25, 0.3) is 5.91 Å². The Bertz CT molecular complexity index is 760. The lowest BCUT2D eigenvalue weighted by Gasteiger charge is -2.18. The summed E-state index contributed by atoms with van der Waals surface area (Å²) in [4.78, 5) is 17.0. The first-order chi connectivity index (χ1) is 13.5. The maximum absolute atomic E-state index is 12.6. The van der Waals surface area contributed by atoms with Gasteiger partial charge in [-0.1, -0.05) is 51.3 Å². The Balaban J connectivity index is 1.49. The number of nitrogens with one attached hydrogen (secondary N) is 1. The number of carbonyl (C=O) groups is 1. The molecular weight excluding hydrogens is 348 g/mol. The van der Waals surface area contributed by atoms with Crippen LogP contribution in [-0.2, 0) is 6.61 Å². The van der Waals surface area contributed by atoms with Crippen LogP contribution in [0.4, 0.5) is 0 Å². The number of rotatable bonds is 10. The molecule has 0 spiro atoms. The van der Waals surface area contributed by atoms with Gasteiger partial charge in [-0.3, -0.25) is 9.78 Å². The molecule has 1 aliphatic rings. The highest BCUT2D eigenvalue weighted by molar-refractivity contribution is 5.94. The molecule has 4 nitrogen and oxygen atoms in total. The molecule has 3 rings (SSSR count). The van der Waals surface area contributed by atoms with Crippen LogP contribution < -0.4 is 10.1 Å². The SMILES string of the molecule is CCCC(CC)CC1CC1(C)NC(=O)c1ccc(COc2ccccc2)nc1. The maximum atomic E-state index is 12.6. The lowest BCUT2D eigenvalue weighted by molar-refractivity contribution is 0.0930.